The highest BCUT2D eigenvalue weighted by atomic mass is 16.5. The molecule has 0 bridgehead atoms. The summed E-state index contributed by atoms with van der Waals surface area (Å²) >= 11 is 0. The molecule has 4 rings (SSSR count). The first-order valence-corrected chi connectivity index (χ1v) is 8.38. The predicted octanol–water partition coefficient (Wildman–Crippen LogP) is 2.73. The van der Waals surface area contributed by atoms with Crippen molar-refractivity contribution in [1.82, 2.24) is 9.38 Å². The zero-order chi connectivity index (χ0) is 17.2. The van der Waals surface area contributed by atoms with Crippen molar-refractivity contribution in [3.8, 4) is 0 Å². The second-order valence-corrected chi connectivity index (χ2v) is 6.16. The lowest BCUT2D eigenvalue weighted by molar-refractivity contribution is 0.102. The Morgan fingerprint density at radius 1 is 1.16 bits per heavy atom. The van der Waals surface area contributed by atoms with Crippen LogP contribution in [0.25, 0.3) is 5.65 Å². The lowest BCUT2D eigenvalue weighted by Crippen LogP contribution is -2.36. The average Bonchev–Trinajstić information content (AvgIpc) is 3.10. The van der Waals surface area contributed by atoms with Crippen molar-refractivity contribution >= 4 is 22.9 Å². The van der Waals surface area contributed by atoms with Gasteiger partial charge >= 0.3 is 0 Å². The highest BCUT2D eigenvalue weighted by Gasteiger charge is 2.16. The third kappa shape index (κ3) is 3.21. The van der Waals surface area contributed by atoms with Crippen molar-refractivity contribution in [2.45, 2.75) is 6.92 Å². The molecule has 1 N–H and O–H groups in total. The zero-order valence-electron chi connectivity index (χ0n) is 14.1. The van der Waals surface area contributed by atoms with E-state index in [1.165, 1.54) is 0 Å². The van der Waals surface area contributed by atoms with Crippen LogP contribution in [0, 0.1) is 6.92 Å². The minimum absolute atomic E-state index is 0.120. The van der Waals surface area contributed by atoms with Gasteiger partial charge in [0.25, 0.3) is 5.91 Å². The molecule has 1 saturated heterocycles. The number of carbonyl (C=O) groups excluding carboxylic acids is 1. The van der Waals surface area contributed by atoms with Gasteiger partial charge in [0.2, 0.25) is 0 Å². The van der Waals surface area contributed by atoms with Gasteiger partial charge in [0.1, 0.15) is 5.65 Å². The Morgan fingerprint density at radius 3 is 2.84 bits per heavy atom. The number of hydrogen-bond acceptors (Lipinski definition) is 4. The lowest BCUT2D eigenvalue weighted by Gasteiger charge is -2.30. The average molecular weight is 336 g/mol. The van der Waals surface area contributed by atoms with Crippen molar-refractivity contribution < 1.29 is 9.53 Å². The first kappa shape index (κ1) is 15.7. The molecule has 0 atom stereocenters. The van der Waals surface area contributed by atoms with Crippen LogP contribution in [-0.2, 0) is 4.74 Å². The quantitative estimate of drug-likeness (QED) is 0.799. The number of aryl methyl sites for hydroxylation is 1. The number of nitrogens with zero attached hydrogens (tertiary/aromatic N) is 3. The van der Waals surface area contributed by atoms with Crippen LogP contribution in [-0.4, -0.2) is 41.6 Å². The van der Waals surface area contributed by atoms with Crippen molar-refractivity contribution in [3.63, 3.8) is 0 Å². The lowest BCUT2D eigenvalue weighted by atomic mass is 10.1. The molecule has 3 heterocycles. The van der Waals surface area contributed by atoms with Crippen LogP contribution >= 0.6 is 0 Å². The molecule has 1 aliphatic heterocycles. The highest BCUT2D eigenvalue weighted by Crippen LogP contribution is 2.23. The van der Waals surface area contributed by atoms with Gasteiger partial charge < -0.3 is 19.4 Å². The number of carbonyl (C=O) groups is 1. The van der Waals surface area contributed by atoms with Gasteiger partial charge in [0.15, 0.2) is 0 Å². The summed E-state index contributed by atoms with van der Waals surface area (Å²) in [6.07, 6.45) is 5.48. The summed E-state index contributed by atoms with van der Waals surface area (Å²) in [5.74, 6) is -0.120. The number of benzene rings is 1. The smallest absolute Gasteiger partial charge is 0.255 e. The van der Waals surface area contributed by atoms with E-state index in [4.69, 9.17) is 4.74 Å². The van der Waals surface area contributed by atoms with Gasteiger partial charge in [-0.15, -0.1) is 0 Å². The van der Waals surface area contributed by atoms with Crippen LogP contribution in [0.1, 0.15) is 15.9 Å². The Bertz CT molecular complexity index is 913. The fraction of sp³-hybridized carbons (Fsp3) is 0.263. The van der Waals surface area contributed by atoms with Gasteiger partial charge in [-0.05, 0) is 30.7 Å². The first-order valence-electron chi connectivity index (χ1n) is 8.38. The van der Waals surface area contributed by atoms with Crippen LogP contribution in [0.2, 0.25) is 0 Å². The Hall–Kier alpha value is -2.86. The number of amides is 1. The first-order chi connectivity index (χ1) is 12.2. The van der Waals surface area contributed by atoms with Crippen molar-refractivity contribution in [1.29, 1.82) is 0 Å². The van der Waals surface area contributed by atoms with E-state index in [2.05, 4.69) is 22.1 Å². The number of pyridine rings is 1. The van der Waals surface area contributed by atoms with Crippen LogP contribution in [0.15, 0.2) is 48.9 Å². The number of anilines is 2. The Morgan fingerprint density at radius 2 is 2.00 bits per heavy atom. The summed E-state index contributed by atoms with van der Waals surface area (Å²) in [5.41, 5.74) is 4.44. The van der Waals surface area contributed by atoms with E-state index < -0.39 is 0 Å². The number of morpholine rings is 1. The summed E-state index contributed by atoms with van der Waals surface area (Å²) in [6.45, 7) is 5.21. The Labute approximate surface area is 146 Å². The molecular weight excluding hydrogens is 316 g/mol. The monoisotopic (exact) mass is 336 g/mol. The maximum atomic E-state index is 12.7. The zero-order valence-corrected chi connectivity index (χ0v) is 14.1. The second kappa shape index (κ2) is 6.57. The number of nitrogens with one attached hydrogen (secondary N) is 1. The van der Waals surface area contributed by atoms with Gasteiger partial charge in [-0.2, -0.15) is 0 Å². The molecule has 0 unspecified atom stereocenters. The fourth-order valence-electron chi connectivity index (χ4n) is 3.09. The molecule has 0 aliphatic carbocycles. The molecule has 25 heavy (non-hydrogen) atoms. The number of aromatic nitrogens is 2. The number of rotatable bonds is 3. The number of imidazole rings is 1. The number of hydrogen-bond donors (Lipinski definition) is 1. The standard InChI is InChI=1S/C19H20N4O2/c1-14-2-3-15(12-17(14)22-8-10-25-11-9-22)19(24)21-16-4-6-23-7-5-20-18(23)13-16/h2-7,12-13H,8-11H2,1H3,(H,21,24). The van der Waals surface area contributed by atoms with Gasteiger partial charge in [-0.3, -0.25) is 4.79 Å². The highest BCUT2D eigenvalue weighted by molar-refractivity contribution is 6.05. The molecule has 0 spiro atoms. The predicted molar refractivity (Wildman–Crippen MR) is 97.4 cm³/mol. The maximum Gasteiger partial charge on any atom is 0.255 e. The summed E-state index contributed by atoms with van der Waals surface area (Å²) in [6, 6.07) is 9.54. The molecular formula is C19H20N4O2. The Balaban J connectivity index is 1.56. The van der Waals surface area contributed by atoms with Gasteiger partial charge in [0.05, 0.1) is 13.2 Å². The molecule has 6 nitrogen and oxygen atoms in total. The van der Waals surface area contributed by atoms with Crippen LogP contribution < -0.4 is 10.2 Å². The van der Waals surface area contributed by atoms with E-state index in [9.17, 15) is 4.79 Å². The summed E-state index contributed by atoms with van der Waals surface area (Å²) in [4.78, 5) is 19.2. The van der Waals surface area contributed by atoms with Crippen LogP contribution in [0.3, 0.4) is 0 Å². The molecule has 6 heteroatoms. The van der Waals surface area contributed by atoms with Crippen molar-refractivity contribution in [3.05, 3.63) is 60.0 Å². The van der Waals surface area contributed by atoms with E-state index in [0.717, 1.165) is 48.9 Å². The normalized spacial score (nSPS) is 14.7. The van der Waals surface area contributed by atoms with E-state index in [-0.39, 0.29) is 5.91 Å². The topological polar surface area (TPSA) is 58.9 Å². The summed E-state index contributed by atoms with van der Waals surface area (Å²) in [5, 5.41) is 2.95. The molecule has 1 amide bonds. The number of ether oxygens (including phenoxy) is 1. The summed E-state index contributed by atoms with van der Waals surface area (Å²) < 4.78 is 7.32. The molecule has 128 valence electrons. The van der Waals surface area contributed by atoms with E-state index in [1.54, 1.807) is 6.20 Å². The molecule has 1 fully saturated rings. The maximum absolute atomic E-state index is 12.7. The molecule has 3 aromatic rings. The molecule has 1 aromatic carbocycles. The van der Waals surface area contributed by atoms with Crippen molar-refractivity contribution in [2.24, 2.45) is 0 Å². The number of fused-ring (bicyclic) bond motifs is 1. The molecule has 1 aliphatic rings. The SMILES string of the molecule is Cc1ccc(C(=O)Nc2ccn3ccnc3c2)cc1N1CCOCC1. The van der Waals surface area contributed by atoms with Crippen molar-refractivity contribution in [2.75, 3.05) is 36.5 Å². The minimum atomic E-state index is -0.120. The van der Waals surface area contributed by atoms with Gasteiger partial charge in [0, 0.05) is 54.7 Å². The minimum Gasteiger partial charge on any atom is -0.378 e. The Kier molecular flexibility index (Phi) is 4.11. The van der Waals surface area contributed by atoms with Crippen LogP contribution in [0.5, 0.6) is 0 Å². The molecule has 0 saturated carbocycles. The third-order valence-corrected chi connectivity index (χ3v) is 4.48. The van der Waals surface area contributed by atoms with E-state index >= 15 is 0 Å². The fourth-order valence-corrected chi connectivity index (χ4v) is 3.09. The van der Waals surface area contributed by atoms with Gasteiger partial charge in [-0.25, -0.2) is 4.98 Å². The van der Waals surface area contributed by atoms with Crippen LogP contribution in [0.4, 0.5) is 11.4 Å². The third-order valence-electron chi connectivity index (χ3n) is 4.48. The van der Waals surface area contributed by atoms with E-state index in [1.807, 2.05) is 47.1 Å². The molecule has 2 aromatic heterocycles. The second-order valence-electron chi connectivity index (χ2n) is 6.16. The van der Waals surface area contributed by atoms with E-state index in [0.29, 0.717) is 5.56 Å². The summed E-state index contributed by atoms with van der Waals surface area (Å²) in [7, 11) is 0. The largest absolute Gasteiger partial charge is 0.378 e. The molecule has 0 radical (unpaired) electrons. The van der Waals surface area contributed by atoms with Gasteiger partial charge in [-0.1, -0.05) is 6.07 Å².